The summed E-state index contributed by atoms with van der Waals surface area (Å²) in [5.74, 6) is -0.861. The molecule has 25 heavy (non-hydrogen) atoms. The molecule has 0 aliphatic carbocycles. The second kappa shape index (κ2) is 7.79. The quantitative estimate of drug-likeness (QED) is 0.570. The molecule has 0 spiro atoms. The SMILES string of the molecule is COc1nc(OCCF)c(F)cc1NSc1c[nH]c2cc(Cl)ccc12. The van der Waals surface area contributed by atoms with Crippen molar-refractivity contribution in [2.45, 2.75) is 4.90 Å². The van der Waals surface area contributed by atoms with E-state index >= 15 is 0 Å². The summed E-state index contributed by atoms with van der Waals surface area (Å²) in [7, 11) is 1.41. The maximum Gasteiger partial charge on any atom is 0.253 e. The number of rotatable bonds is 7. The summed E-state index contributed by atoms with van der Waals surface area (Å²) >= 11 is 7.23. The van der Waals surface area contributed by atoms with Crippen molar-refractivity contribution in [2.75, 3.05) is 25.1 Å². The highest BCUT2D eigenvalue weighted by molar-refractivity contribution is 8.00. The fourth-order valence-electron chi connectivity index (χ4n) is 2.19. The highest BCUT2D eigenvalue weighted by atomic mass is 35.5. The molecule has 0 amide bonds. The van der Waals surface area contributed by atoms with Crippen LogP contribution in [-0.2, 0) is 0 Å². The number of anilines is 1. The molecule has 0 atom stereocenters. The molecule has 1 aromatic carbocycles. The predicted octanol–water partition coefficient (Wildman–Crippen LogP) is 4.83. The number of methoxy groups -OCH3 is 1. The Labute approximate surface area is 151 Å². The maximum absolute atomic E-state index is 14.0. The number of nitrogens with one attached hydrogen (secondary N) is 2. The lowest BCUT2D eigenvalue weighted by atomic mass is 10.2. The van der Waals surface area contributed by atoms with Crippen LogP contribution in [0.4, 0.5) is 14.5 Å². The lowest BCUT2D eigenvalue weighted by Gasteiger charge is -2.12. The lowest BCUT2D eigenvalue weighted by Crippen LogP contribution is -2.05. The Kier molecular flexibility index (Phi) is 5.50. The van der Waals surface area contributed by atoms with Crippen LogP contribution in [0.15, 0.2) is 35.4 Å². The van der Waals surface area contributed by atoms with Gasteiger partial charge in [0.1, 0.15) is 19.0 Å². The van der Waals surface area contributed by atoms with E-state index in [-0.39, 0.29) is 18.4 Å². The Balaban J connectivity index is 1.81. The molecular weight excluding hydrogens is 372 g/mol. The molecule has 0 aliphatic heterocycles. The predicted molar refractivity (Wildman–Crippen MR) is 95.0 cm³/mol. The summed E-state index contributed by atoms with van der Waals surface area (Å²) < 4.78 is 39.2. The van der Waals surface area contributed by atoms with E-state index in [1.807, 2.05) is 18.3 Å². The van der Waals surface area contributed by atoms with E-state index < -0.39 is 12.5 Å². The van der Waals surface area contributed by atoms with Crippen molar-refractivity contribution >= 4 is 40.1 Å². The molecule has 2 aromatic heterocycles. The van der Waals surface area contributed by atoms with Crippen molar-refractivity contribution in [2.24, 2.45) is 0 Å². The summed E-state index contributed by atoms with van der Waals surface area (Å²) in [5, 5.41) is 1.60. The number of ether oxygens (including phenoxy) is 2. The van der Waals surface area contributed by atoms with Gasteiger partial charge in [-0.1, -0.05) is 17.7 Å². The minimum absolute atomic E-state index is 0.144. The molecule has 0 unspecified atom stereocenters. The molecule has 3 aromatic rings. The Morgan fingerprint density at radius 3 is 2.92 bits per heavy atom. The van der Waals surface area contributed by atoms with E-state index in [9.17, 15) is 8.78 Å². The number of nitrogens with zero attached hydrogens (tertiary/aromatic N) is 1. The first-order chi connectivity index (χ1) is 12.1. The molecule has 2 N–H and O–H groups in total. The van der Waals surface area contributed by atoms with Gasteiger partial charge in [0.25, 0.3) is 5.88 Å². The third-order valence-electron chi connectivity index (χ3n) is 3.29. The molecule has 0 fully saturated rings. The zero-order valence-corrected chi connectivity index (χ0v) is 14.7. The molecule has 0 bridgehead atoms. The van der Waals surface area contributed by atoms with Gasteiger partial charge >= 0.3 is 0 Å². The van der Waals surface area contributed by atoms with Crippen LogP contribution < -0.4 is 14.2 Å². The van der Waals surface area contributed by atoms with Crippen LogP contribution in [0.1, 0.15) is 0 Å². The highest BCUT2D eigenvalue weighted by Gasteiger charge is 2.15. The molecule has 3 rings (SSSR count). The van der Waals surface area contributed by atoms with E-state index in [4.69, 9.17) is 21.1 Å². The minimum atomic E-state index is -0.732. The van der Waals surface area contributed by atoms with Gasteiger partial charge in [0, 0.05) is 28.2 Å². The molecular formula is C16H14ClF2N3O2S. The molecule has 132 valence electrons. The smallest absolute Gasteiger partial charge is 0.253 e. The van der Waals surface area contributed by atoms with E-state index in [1.165, 1.54) is 25.1 Å². The highest BCUT2D eigenvalue weighted by Crippen LogP contribution is 2.34. The molecule has 0 saturated heterocycles. The van der Waals surface area contributed by atoms with Crippen LogP contribution in [-0.4, -0.2) is 30.4 Å². The Bertz CT molecular complexity index is 891. The van der Waals surface area contributed by atoms with Crippen molar-refractivity contribution in [3.8, 4) is 11.8 Å². The zero-order valence-electron chi connectivity index (χ0n) is 13.1. The number of halogens is 3. The number of aromatic nitrogens is 2. The van der Waals surface area contributed by atoms with Gasteiger partial charge in [0.2, 0.25) is 5.88 Å². The fourth-order valence-corrected chi connectivity index (χ4v) is 3.13. The first kappa shape index (κ1) is 17.6. The Morgan fingerprint density at radius 2 is 2.16 bits per heavy atom. The van der Waals surface area contributed by atoms with Crippen molar-refractivity contribution < 1.29 is 18.3 Å². The summed E-state index contributed by atoms with van der Waals surface area (Å²) in [6.07, 6.45) is 1.81. The van der Waals surface area contributed by atoms with Gasteiger partial charge in [-0.25, -0.2) is 8.78 Å². The van der Waals surface area contributed by atoms with Crippen molar-refractivity contribution in [1.29, 1.82) is 0 Å². The maximum atomic E-state index is 14.0. The van der Waals surface area contributed by atoms with Gasteiger partial charge in [-0.05, 0) is 24.1 Å². The molecule has 5 nitrogen and oxygen atoms in total. The molecule has 0 radical (unpaired) electrons. The number of hydrogen-bond acceptors (Lipinski definition) is 5. The fraction of sp³-hybridized carbons (Fsp3) is 0.188. The summed E-state index contributed by atoms with van der Waals surface area (Å²) in [6.45, 7) is -1.00. The number of hydrogen-bond donors (Lipinski definition) is 2. The van der Waals surface area contributed by atoms with E-state index in [2.05, 4.69) is 14.7 Å². The van der Waals surface area contributed by atoms with E-state index in [0.29, 0.717) is 10.7 Å². The second-order valence-electron chi connectivity index (χ2n) is 4.92. The second-order valence-corrected chi connectivity index (χ2v) is 6.20. The number of pyridine rings is 1. The largest absolute Gasteiger partial charge is 0.479 e. The van der Waals surface area contributed by atoms with E-state index in [0.717, 1.165) is 15.8 Å². The number of alkyl halides is 1. The van der Waals surface area contributed by atoms with Crippen molar-refractivity contribution in [3.63, 3.8) is 0 Å². The topological polar surface area (TPSA) is 59.2 Å². The summed E-state index contributed by atoms with van der Waals surface area (Å²) in [6, 6.07) is 6.70. The van der Waals surface area contributed by atoms with E-state index in [1.54, 1.807) is 6.07 Å². The summed E-state index contributed by atoms with van der Waals surface area (Å²) in [5.41, 5.74) is 1.23. The first-order valence-electron chi connectivity index (χ1n) is 7.25. The van der Waals surface area contributed by atoms with Crippen LogP contribution in [0, 0.1) is 5.82 Å². The normalized spacial score (nSPS) is 10.9. The van der Waals surface area contributed by atoms with Crippen LogP contribution >= 0.6 is 23.5 Å². The minimum Gasteiger partial charge on any atom is -0.479 e. The van der Waals surface area contributed by atoms with Crippen LogP contribution in [0.3, 0.4) is 0 Å². The average Bonchev–Trinajstić information content (AvgIpc) is 3.01. The Hall–Kier alpha value is -2.19. The van der Waals surface area contributed by atoms with Gasteiger partial charge in [-0.3, -0.25) is 0 Å². The van der Waals surface area contributed by atoms with Gasteiger partial charge in [0.05, 0.1) is 12.0 Å². The third kappa shape index (κ3) is 3.91. The van der Waals surface area contributed by atoms with Gasteiger partial charge in [0.15, 0.2) is 5.82 Å². The molecule has 2 heterocycles. The molecule has 0 saturated carbocycles. The molecule has 9 heteroatoms. The number of aromatic amines is 1. The summed E-state index contributed by atoms with van der Waals surface area (Å²) in [4.78, 5) is 7.93. The van der Waals surface area contributed by atoms with Gasteiger partial charge in [-0.15, -0.1) is 0 Å². The number of fused-ring (bicyclic) bond motifs is 1. The number of benzene rings is 1. The monoisotopic (exact) mass is 385 g/mol. The lowest BCUT2D eigenvalue weighted by molar-refractivity contribution is 0.249. The van der Waals surface area contributed by atoms with Crippen molar-refractivity contribution in [3.05, 3.63) is 41.3 Å². The van der Waals surface area contributed by atoms with Crippen molar-refractivity contribution in [1.82, 2.24) is 9.97 Å². The van der Waals surface area contributed by atoms with Crippen LogP contribution in [0.2, 0.25) is 5.02 Å². The van der Waals surface area contributed by atoms with Crippen LogP contribution in [0.5, 0.6) is 11.8 Å². The Morgan fingerprint density at radius 1 is 1.32 bits per heavy atom. The first-order valence-corrected chi connectivity index (χ1v) is 8.44. The average molecular weight is 386 g/mol. The van der Waals surface area contributed by atoms with Crippen LogP contribution in [0.25, 0.3) is 10.9 Å². The molecule has 0 aliphatic rings. The van der Waals surface area contributed by atoms with Gasteiger partial charge in [-0.2, -0.15) is 4.98 Å². The standard InChI is InChI=1S/C16H14ClF2N3O2S/c1-23-16-13(7-11(19)15(21-16)24-5-4-18)22-25-14-8-20-12-6-9(17)2-3-10(12)14/h2-3,6-8,20,22H,4-5H2,1H3. The number of H-pyrrole nitrogens is 1. The zero-order chi connectivity index (χ0) is 17.8. The third-order valence-corrected chi connectivity index (χ3v) is 4.41. The van der Waals surface area contributed by atoms with Gasteiger partial charge < -0.3 is 19.2 Å².